The van der Waals surface area contributed by atoms with Crippen molar-refractivity contribution >= 4 is 17.1 Å². The maximum Gasteiger partial charge on any atom is 0.293 e. The largest absolute Gasteiger partial charge is 0.350 e. The molecule has 7 heteroatoms. The van der Waals surface area contributed by atoms with Crippen molar-refractivity contribution < 1.29 is 9.45 Å². The van der Waals surface area contributed by atoms with Crippen molar-refractivity contribution in [3.8, 4) is 22.8 Å². The molecule has 7 nitrogen and oxygen atoms in total. The summed E-state index contributed by atoms with van der Waals surface area (Å²) in [5.41, 5.74) is 4.59. The highest BCUT2D eigenvalue weighted by Crippen LogP contribution is 2.33. The highest BCUT2D eigenvalue weighted by atomic mass is 16.6. The van der Waals surface area contributed by atoms with E-state index in [1.807, 2.05) is 62.4 Å². The van der Waals surface area contributed by atoms with Crippen molar-refractivity contribution in [1.82, 2.24) is 10.1 Å². The Balaban J connectivity index is 1.66. The third kappa shape index (κ3) is 3.98. The van der Waals surface area contributed by atoms with Crippen molar-refractivity contribution in [2.24, 2.45) is 0 Å². The predicted octanol–water partition coefficient (Wildman–Crippen LogP) is 5.67. The van der Waals surface area contributed by atoms with Crippen LogP contribution in [-0.4, -0.2) is 15.1 Å². The van der Waals surface area contributed by atoms with Gasteiger partial charge >= 0.3 is 0 Å². The molecule has 0 saturated heterocycles. The Bertz CT molecular complexity index is 1180. The second kappa shape index (κ2) is 7.55. The maximum atomic E-state index is 11.6. The topological polar surface area (TPSA) is 94.1 Å². The van der Waals surface area contributed by atoms with Crippen molar-refractivity contribution in [2.45, 2.75) is 13.8 Å². The number of hydrogen-bond acceptors (Lipinski definition) is 6. The molecule has 4 rings (SSSR count). The van der Waals surface area contributed by atoms with Gasteiger partial charge in [-0.05, 0) is 43.7 Å². The molecule has 144 valence electrons. The van der Waals surface area contributed by atoms with E-state index in [2.05, 4.69) is 15.5 Å². The standard InChI is InChI=1S/C22H18N4O3/c1-14-6-8-16(9-7-14)21-24-22(29-25-21)17-10-11-19(20(13-17)26(27)28)23-18-5-3-4-15(2)12-18/h3-13,23H,1-2H3. The third-order valence-electron chi connectivity index (χ3n) is 4.47. The van der Waals surface area contributed by atoms with E-state index in [1.54, 1.807) is 12.1 Å². The molecule has 1 N–H and O–H groups in total. The molecule has 0 spiro atoms. The zero-order valence-electron chi connectivity index (χ0n) is 15.9. The van der Waals surface area contributed by atoms with E-state index in [1.165, 1.54) is 6.07 Å². The number of aromatic nitrogens is 2. The SMILES string of the molecule is Cc1ccc(-c2noc(-c3ccc(Nc4cccc(C)c4)c([N+](=O)[O-])c3)n2)cc1. The lowest BCUT2D eigenvalue weighted by molar-refractivity contribution is -0.383. The molecule has 0 fully saturated rings. The van der Waals surface area contributed by atoms with Gasteiger partial charge < -0.3 is 9.84 Å². The first-order valence-corrected chi connectivity index (χ1v) is 9.03. The summed E-state index contributed by atoms with van der Waals surface area (Å²) in [4.78, 5) is 15.6. The molecule has 0 aliphatic carbocycles. The highest BCUT2D eigenvalue weighted by molar-refractivity contribution is 5.74. The van der Waals surface area contributed by atoms with E-state index < -0.39 is 4.92 Å². The van der Waals surface area contributed by atoms with Gasteiger partial charge in [0, 0.05) is 22.9 Å². The van der Waals surface area contributed by atoms with Crippen molar-refractivity contribution in [2.75, 3.05) is 5.32 Å². The number of anilines is 2. The minimum Gasteiger partial charge on any atom is -0.350 e. The van der Waals surface area contributed by atoms with Gasteiger partial charge in [0.1, 0.15) is 5.69 Å². The van der Waals surface area contributed by atoms with Crippen LogP contribution in [0.25, 0.3) is 22.8 Å². The second-order valence-corrected chi connectivity index (χ2v) is 6.77. The zero-order valence-corrected chi connectivity index (χ0v) is 15.9. The molecular formula is C22H18N4O3. The Hall–Kier alpha value is -4.00. The van der Waals surface area contributed by atoms with Gasteiger partial charge in [0.2, 0.25) is 5.82 Å². The minimum absolute atomic E-state index is 0.0703. The molecule has 0 aliphatic heterocycles. The predicted molar refractivity (Wildman–Crippen MR) is 111 cm³/mol. The van der Waals surface area contributed by atoms with Crippen molar-refractivity contribution in [3.63, 3.8) is 0 Å². The fourth-order valence-corrected chi connectivity index (χ4v) is 2.96. The number of aryl methyl sites for hydroxylation is 2. The van der Waals surface area contributed by atoms with Gasteiger partial charge in [-0.2, -0.15) is 4.98 Å². The van der Waals surface area contributed by atoms with Crippen LogP contribution < -0.4 is 5.32 Å². The smallest absolute Gasteiger partial charge is 0.293 e. The first kappa shape index (κ1) is 18.4. The Morgan fingerprint density at radius 3 is 2.41 bits per heavy atom. The Morgan fingerprint density at radius 2 is 1.69 bits per heavy atom. The van der Waals surface area contributed by atoms with Crippen molar-refractivity contribution in [3.05, 3.63) is 88.0 Å². The minimum atomic E-state index is -0.432. The lowest BCUT2D eigenvalue weighted by atomic mass is 10.1. The van der Waals surface area contributed by atoms with Crippen LogP contribution >= 0.6 is 0 Å². The molecule has 29 heavy (non-hydrogen) atoms. The molecule has 4 aromatic rings. The number of nitrogens with one attached hydrogen (secondary N) is 1. The number of hydrogen-bond donors (Lipinski definition) is 1. The average molecular weight is 386 g/mol. The lowest BCUT2D eigenvalue weighted by Gasteiger charge is -2.08. The van der Waals surface area contributed by atoms with E-state index in [4.69, 9.17) is 4.52 Å². The first-order valence-electron chi connectivity index (χ1n) is 9.03. The molecular weight excluding hydrogens is 368 g/mol. The van der Waals surface area contributed by atoms with E-state index in [-0.39, 0.29) is 11.6 Å². The van der Waals surface area contributed by atoms with E-state index >= 15 is 0 Å². The number of nitrogens with zero attached hydrogens (tertiary/aromatic N) is 3. The van der Waals surface area contributed by atoms with Crippen LogP contribution in [0.4, 0.5) is 17.1 Å². The van der Waals surface area contributed by atoms with E-state index in [0.29, 0.717) is 17.1 Å². The molecule has 0 amide bonds. The Kier molecular flexibility index (Phi) is 4.78. The van der Waals surface area contributed by atoms with Crippen LogP contribution in [0.15, 0.2) is 71.3 Å². The molecule has 0 unspecified atom stereocenters. The fourth-order valence-electron chi connectivity index (χ4n) is 2.96. The molecule has 0 atom stereocenters. The average Bonchev–Trinajstić information content (AvgIpc) is 3.19. The van der Waals surface area contributed by atoms with Gasteiger partial charge in [-0.15, -0.1) is 0 Å². The van der Waals surface area contributed by atoms with E-state index in [0.717, 1.165) is 22.4 Å². The summed E-state index contributed by atoms with van der Waals surface area (Å²) >= 11 is 0. The molecule has 0 bridgehead atoms. The second-order valence-electron chi connectivity index (χ2n) is 6.77. The third-order valence-corrected chi connectivity index (χ3v) is 4.47. The monoisotopic (exact) mass is 386 g/mol. The summed E-state index contributed by atoms with van der Waals surface area (Å²) in [6.45, 7) is 3.96. The molecule has 3 aromatic carbocycles. The number of rotatable bonds is 5. The molecule has 1 heterocycles. The van der Waals surface area contributed by atoms with Gasteiger partial charge in [-0.25, -0.2) is 0 Å². The first-order chi connectivity index (χ1) is 14.0. The summed E-state index contributed by atoms with van der Waals surface area (Å²) < 4.78 is 5.34. The van der Waals surface area contributed by atoms with Crippen LogP contribution in [0.3, 0.4) is 0 Å². The zero-order chi connectivity index (χ0) is 20.4. The van der Waals surface area contributed by atoms with Crippen molar-refractivity contribution in [1.29, 1.82) is 0 Å². The maximum absolute atomic E-state index is 11.6. The Morgan fingerprint density at radius 1 is 0.931 bits per heavy atom. The van der Waals surface area contributed by atoms with Crippen LogP contribution in [0.2, 0.25) is 0 Å². The van der Waals surface area contributed by atoms with Gasteiger partial charge in [0.15, 0.2) is 0 Å². The van der Waals surface area contributed by atoms with Crippen LogP contribution in [-0.2, 0) is 0 Å². The summed E-state index contributed by atoms with van der Waals surface area (Å²) in [6.07, 6.45) is 0. The van der Waals surface area contributed by atoms with Gasteiger partial charge in [-0.3, -0.25) is 10.1 Å². The normalized spacial score (nSPS) is 10.7. The van der Waals surface area contributed by atoms with Gasteiger partial charge in [0.25, 0.3) is 11.6 Å². The summed E-state index contributed by atoms with van der Waals surface area (Å²) in [7, 11) is 0. The number of nitro groups is 1. The molecule has 0 radical (unpaired) electrons. The highest BCUT2D eigenvalue weighted by Gasteiger charge is 2.19. The fraction of sp³-hybridized carbons (Fsp3) is 0.0909. The Labute approximate surface area is 167 Å². The van der Waals surface area contributed by atoms with E-state index in [9.17, 15) is 10.1 Å². The summed E-state index contributed by atoms with van der Waals surface area (Å²) in [5, 5.41) is 18.7. The van der Waals surface area contributed by atoms with Gasteiger partial charge in [0.05, 0.1) is 4.92 Å². The number of nitro benzene ring substituents is 1. The van der Waals surface area contributed by atoms with Crippen LogP contribution in [0.5, 0.6) is 0 Å². The number of benzene rings is 3. The van der Waals surface area contributed by atoms with Gasteiger partial charge in [-0.1, -0.05) is 47.1 Å². The van der Waals surface area contributed by atoms with Crippen LogP contribution in [0, 0.1) is 24.0 Å². The molecule has 0 aliphatic rings. The van der Waals surface area contributed by atoms with Crippen LogP contribution in [0.1, 0.15) is 11.1 Å². The summed E-state index contributed by atoms with van der Waals surface area (Å²) in [5.74, 6) is 0.662. The molecule has 1 aromatic heterocycles. The molecule has 0 saturated carbocycles. The quantitative estimate of drug-likeness (QED) is 0.351. The lowest BCUT2D eigenvalue weighted by Crippen LogP contribution is -1.98. The summed E-state index contributed by atoms with van der Waals surface area (Å²) in [6, 6.07) is 20.2.